The van der Waals surface area contributed by atoms with Gasteiger partial charge in [0.1, 0.15) is 5.69 Å². The quantitative estimate of drug-likeness (QED) is 0.788. The van der Waals surface area contributed by atoms with E-state index in [1.165, 1.54) is 12.8 Å². The van der Waals surface area contributed by atoms with E-state index in [0.717, 1.165) is 0 Å². The number of carbonyl (C=O) groups is 1. The number of aromatic amines is 1. The predicted octanol–water partition coefficient (Wildman–Crippen LogP) is 1.47. The summed E-state index contributed by atoms with van der Waals surface area (Å²) in [4.78, 5) is 16.6. The van der Waals surface area contributed by atoms with Gasteiger partial charge in [-0.1, -0.05) is 0 Å². The lowest BCUT2D eigenvalue weighted by Crippen LogP contribution is -2.36. The SMILES string of the molecule is CC(C1CC1)N(C)C(=O)c1cc(N)c[nH]1. The van der Waals surface area contributed by atoms with Crippen LogP contribution < -0.4 is 5.73 Å². The third-order valence-electron chi connectivity index (χ3n) is 3.17. The standard InChI is InChI=1S/C11H17N3O/c1-7(8-3-4-8)14(2)11(15)10-5-9(12)6-13-10/h5-8,13H,3-4,12H2,1-2H3. The second-order valence-electron chi connectivity index (χ2n) is 4.34. The smallest absolute Gasteiger partial charge is 0.270 e. The van der Waals surface area contributed by atoms with E-state index in [2.05, 4.69) is 11.9 Å². The largest absolute Gasteiger partial charge is 0.397 e. The Kier molecular flexibility index (Phi) is 2.42. The van der Waals surface area contributed by atoms with E-state index in [4.69, 9.17) is 5.73 Å². The number of carbonyl (C=O) groups excluding carboxylic acids is 1. The summed E-state index contributed by atoms with van der Waals surface area (Å²) in [5.41, 5.74) is 6.74. The van der Waals surface area contributed by atoms with Gasteiger partial charge >= 0.3 is 0 Å². The molecule has 0 saturated heterocycles. The van der Waals surface area contributed by atoms with E-state index in [1.807, 2.05) is 7.05 Å². The van der Waals surface area contributed by atoms with Crippen molar-refractivity contribution in [1.82, 2.24) is 9.88 Å². The zero-order valence-corrected chi connectivity index (χ0v) is 9.16. The van der Waals surface area contributed by atoms with Gasteiger partial charge in [0.25, 0.3) is 5.91 Å². The Balaban J connectivity index is 2.06. The van der Waals surface area contributed by atoms with Crippen LogP contribution in [-0.2, 0) is 0 Å². The summed E-state index contributed by atoms with van der Waals surface area (Å²) in [6, 6.07) is 2.00. The van der Waals surface area contributed by atoms with Gasteiger partial charge in [-0.05, 0) is 31.7 Å². The predicted molar refractivity (Wildman–Crippen MR) is 59.5 cm³/mol. The maximum atomic E-state index is 12.0. The number of nitrogens with one attached hydrogen (secondary N) is 1. The highest BCUT2D eigenvalue weighted by atomic mass is 16.2. The number of hydrogen-bond acceptors (Lipinski definition) is 2. The summed E-state index contributed by atoms with van der Waals surface area (Å²) in [7, 11) is 1.85. The fourth-order valence-corrected chi connectivity index (χ4v) is 1.80. The molecule has 0 bridgehead atoms. The molecule has 1 aliphatic rings. The average molecular weight is 207 g/mol. The summed E-state index contributed by atoms with van der Waals surface area (Å²) in [5.74, 6) is 0.706. The lowest BCUT2D eigenvalue weighted by atomic mass is 10.2. The molecular formula is C11H17N3O. The first-order valence-electron chi connectivity index (χ1n) is 5.30. The van der Waals surface area contributed by atoms with Crippen LogP contribution in [0.1, 0.15) is 30.3 Å². The van der Waals surface area contributed by atoms with Crippen molar-refractivity contribution in [2.75, 3.05) is 12.8 Å². The van der Waals surface area contributed by atoms with Gasteiger partial charge in [-0.15, -0.1) is 0 Å². The Morgan fingerprint density at radius 1 is 1.67 bits per heavy atom. The van der Waals surface area contributed by atoms with E-state index in [1.54, 1.807) is 17.2 Å². The van der Waals surface area contributed by atoms with Gasteiger partial charge in [0.2, 0.25) is 0 Å². The molecule has 1 saturated carbocycles. The molecule has 4 nitrogen and oxygen atoms in total. The maximum absolute atomic E-state index is 12.0. The number of nitrogens with zero attached hydrogens (tertiary/aromatic N) is 1. The Bertz CT molecular complexity index is 368. The number of anilines is 1. The zero-order valence-electron chi connectivity index (χ0n) is 9.16. The zero-order chi connectivity index (χ0) is 11.0. The fourth-order valence-electron chi connectivity index (χ4n) is 1.80. The van der Waals surface area contributed by atoms with Crippen LogP contribution in [0.2, 0.25) is 0 Å². The van der Waals surface area contributed by atoms with Gasteiger partial charge in [0.05, 0.1) is 0 Å². The first-order chi connectivity index (χ1) is 7.09. The Labute approximate surface area is 89.5 Å². The van der Waals surface area contributed by atoms with Gasteiger partial charge in [-0.2, -0.15) is 0 Å². The molecular weight excluding hydrogens is 190 g/mol. The summed E-state index contributed by atoms with van der Waals surface area (Å²) in [6.45, 7) is 2.10. The minimum atomic E-state index is 0.0195. The highest BCUT2D eigenvalue weighted by Gasteiger charge is 2.32. The van der Waals surface area contributed by atoms with Crippen LogP contribution in [0, 0.1) is 5.92 Å². The molecule has 1 fully saturated rings. The van der Waals surface area contributed by atoms with Crippen molar-refractivity contribution in [2.24, 2.45) is 5.92 Å². The molecule has 0 aromatic carbocycles. The normalized spacial score (nSPS) is 17.5. The van der Waals surface area contributed by atoms with Crippen LogP contribution in [0.5, 0.6) is 0 Å². The highest BCUT2D eigenvalue weighted by molar-refractivity contribution is 5.93. The van der Waals surface area contributed by atoms with Gasteiger partial charge in [-0.25, -0.2) is 0 Å². The number of nitrogen functional groups attached to an aromatic ring is 1. The van der Waals surface area contributed by atoms with Crippen molar-refractivity contribution in [3.05, 3.63) is 18.0 Å². The van der Waals surface area contributed by atoms with Crippen LogP contribution in [0.4, 0.5) is 5.69 Å². The lowest BCUT2D eigenvalue weighted by Gasteiger charge is -2.24. The minimum Gasteiger partial charge on any atom is -0.397 e. The van der Waals surface area contributed by atoms with Crippen LogP contribution in [0.25, 0.3) is 0 Å². The molecule has 4 heteroatoms. The number of rotatable bonds is 3. The van der Waals surface area contributed by atoms with Crippen LogP contribution in [-0.4, -0.2) is 28.9 Å². The Morgan fingerprint density at radius 2 is 2.33 bits per heavy atom. The molecule has 1 heterocycles. The second-order valence-corrected chi connectivity index (χ2v) is 4.34. The lowest BCUT2D eigenvalue weighted by molar-refractivity contribution is 0.0722. The van der Waals surface area contributed by atoms with Gasteiger partial charge in [-0.3, -0.25) is 4.79 Å². The first kappa shape index (κ1) is 10.1. The average Bonchev–Trinajstić information content (AvgIpc) is 2.98. The summed E-state index contributed by atoms with van der Waals surface area (Å²) in [6.07, 6.45) is 4.13. The number of aromatic nitrogens is 1. The third-order valence-corrected chi connectivity index (χ3v) is 3.17. The molecule has 0 radical (unpaired) electrons. The van der Waals surface area contributed by atoms with Crippen molar-refractivity contribution < 1.29 is 4.79 Å². The van der Waals surface area contributed by atoms with Crippen molar-refractivity contribution in [3.63, 3.8) is 0 Å². The molecule has 1 unspecified atom stereocenters. The molecule has 3 N–H and O–H groups in total. The Morgan fingerprint density at radius 3 is 2.80 bits per heavy atom. The van der Waals surface area contributed by atoms with Crippen molar-refractivity contribution >= 4 is 11.6 Å². The van der Waals surface area contributed by atoms with Gasteiger partial charge in [0, 0.05) is 25.0 Å². The van der Waals surface area contributed by atoms with Crippen LogP contribution in [0.15, 0.2) is 12.3 Å². The van der Waals surface area contributed by atoms with Crippen LogP contribution >= 0.6 is 0 Å². The number of H-pyrrole nitrogens is 1. The van der Waals surface area contributed by atoms with Crippen LogP contribution in [0.3, 0.4) is 0 Å². The Hall–Kier alpha value is -1.45. The molecule has 82 valence electrons. The molecule has 15 heavy (non-hydrogen) atoms. The monoisotopic (exact) mass is 207 g/mol. The summed E-state index contributed by atoms with van der Waals surface area (Å²) >= 11 is 0. The number of amides is 1. The molecule has 1 atom stereocenters. The van der Waals surface area contributed by atoms with Gasteiger partial charge < -0.3 is 15.6 Å². The van der Waals surface area contributed by atoms with E-state index in [-0.39, 0.29) is 5.91 Å². The molecule has 0 spiro atoms. The third kappa shape index (κ3) is 1.98. The fraction of sp³-hybridized carbons (Fsp3) is 0.545. The first-order valence-corrected chi connectivity index (χ1v) is 5.30. The van der Waals surface area contributed by atoms with Crippen molar-refractivity contribution in [2.45, 2.75) is 25.8 Å². The van der Waals surface area contributed by atoms with E-state index in [9.17, 15) is 4.79 Å². The van der Waals surface area contributed by atoms with Crippen molar-refractivity contribution in [1.29, 1.82) is 0 Å². The highest BCUT2D eigenvalue weighted by Crippen LogP contribution is 2.35. The topological polar surface area (TPSA) is 62.1 Å². The summed E-state index contributed by atoms with van der Waals surface area (Å²) < 4.78 is 0. The second kappa shape index (κ2) is 3.61. The summed E-state index contributed by atoms with van der Waals surface area (Å²) in [5, 5.41) is 0. The van der Waals surface area contributed by atoms with E-state index in [0.29, 0.717) is 23.3 Å². The minimum absolute atomic E-state index is 0.0195. The molecule has 1 amide bonds. The molecule has 0 aliphatic heterocycles. The number of hydrogen-bond donors (Lipinski definition) is 2. The molecule has 1 aliphatic carbocycles. The molecule has 2 rings (SSSR count). The molecule has 1 aromatic rings. The number of nitrogens with two attached hydrogens (primary N) is 1. The van der Waals surface area contributed by atoms with E-state index >= 15 is 0 Å². The van der Waals surface area contributed by atoms with Gasteiger partial charge in [0.15, 0.2) is 0 Å². The van der Waals surface area contributed by atoms with E-state index < -0.39 is 0 Å². The van der Waals surface area contributed by atoms with Crippen molar-refractivity contribution in [3.8, 4) is 0 Å². The molecule has 1 aromatic heterocycles. The maximum Gasteiger partial charge on any atom is 0.270 e.